The molecule has 0 aromatic rings. The van der Waals surface area contributed by atoms with E-state index >= 15 is 0 Å². The van der Waals surface area contributed by atoms with Crippen LogP contribution in [0.2, 0.25) is 0 Å². The van der Waals surface area contributed by atoms with Crippen molar-refractivity contribution in [3.05, 3.63) is 0 Å². The molecular weight excluding hydrogens is 252 g/mol. The first-order valence-electron chi connectivity index (χ1n) is 5.89. The highest BCUT2D eigenvalue weighted by atomic mass is 35.5. The van der Waals surface area contributed by atoms with E-state index in [4.69, 9.17) is 26.9 Å². The number of esters is 1. The molecule has 0 aromatic carbocycles. The summed E-state index contributed by atoms with van der Waals surface area (Å²) in [6, 6.07) is 3.87. The summed E-state index contributed by atoms with van der Waals surface area (Å²) in [4.78, 5) is 11.7. The highest BCUT2D eigenvalue weighted by molar-refractivity contribution is 6.17. The van der Waals surface area contributed by atoms with Crippen LogP contribution in [0.4, 0.5) is 0 Å². The van der Waals surface area contributed by atoms with Crippen molar-refractivity contribution in [2.24, 2.45) is 5.41 Å². The molecule has 0 saturated heterocycles. The van der Waals surface area contributed by atoms with Gasteiger partial charge in [0.2, 0.25) is 0 Å². The van der Waals surface area contributed by atoms with Crippen molar-refractivity contribution in [1.82, 2.24) is 0 Å². The fourth-order valence-corrected chi connectivity index (χ4v) is 1.64. The molecule has 0 radical (unpaired) electrons. The summed E-state index contributed by atoms with van der Waals surface area (Å²) >= 11 is 5.55. The Morgan fingerprint density at radius 2 is 1.78 bits per heavy atom. The summed E-state index contributed by atoms with van der Waals surface area (Å²) in [6.07, 6.45) is 1.51. The summed E-state index contributed by atoms with van der Waals surface area (Å²) in [5.41, 5.74) is -1.90. The molecule has 0 N–H and O–H groups in total. The molecule has 0 saturated carbocycles. The molecule has 0 bridgehead atoms. The van der Waals surface area contributed by atoms with E-state index < -0.39 is 17.0 Å². The van der Waals surface area contributed by atoms with E-state index in [1.165, 1.54) is 0 Å². The van der Waals surface area contributed by atoms with Crippen molar-refractivity contribution in [2.75, 3.05) is 5.88 Å². The lowest BCUT2D eigenvalue weighted by atomic mass is 9.82. The Bertz CT molecular complexity index is 347. The Morgan fingerprint density at radius 1 is 1.22 bits per heavy atom. The molecule has 4 nitrogen and oxygen atoms in total. The van der Waals surface area contributed by atoms with E-state index in [9.17, 15) is 4.79 Å². The number of ether oxygens (including phenoxy) is 1. The van der Waals surface area contributed by atoms with Gasteiger partial charge in [0.25, 0.3) is 0 Å². The van der Waals surface area contributed by atoms with Crippen molar-refractivity contribution in [2.45, 2.75) is 52.1 Å². The van der Waals surface area contributed by atoms with Gasteiger partial charge in [-0.25, -0.2) is 0 Å². The molecule has 0 unspecified atom stereocenters. The fraction of sp³-hybridized carbons (Fsp3) is 0.769. The summed E-state index contributed by atoms with van der Waals surface area (Å²) in [7, 11) is 0. The zero-order valence-electron chi connectivity index (χ0n) is 11.1. The van der Waals surface area contributed by atoms with E-state index in [0.717, 1.165) is 6.42 Å². The van der Waals surface area contributed by atoms with Crippen LogP contribution in [0.1, 0.15) is 46.5 Å². The second kappa shape index (κ2) is 7.24. The normalized spacial score (nSPS) is 11.4. The predicted molar refractivity (Wildman–Crippen MR) is 68.7 cm³/mol. The highest BCUT2D eigenvalue weighted by Crippen LogP contribution is 2.29. The average Bonchev–Trinajstić information content (AvgIpc) is 2.25. The SMILES string of the molecule is CC(C)(C)OC(=O)CC(C#N)(C#N)CCCCCl. The molecule has 0 atom stereocenters. The van der Waals surface area contributed by atoms with Crippen LogP contribution in [0, 0.1) is 28.1 Å². The van der Waals surface area contributed by atoms with Crippen molar-refractivity contribution >= 4 is 17.6 Å². The second-order valence-electron chi connectivity index (χ2n) is 5.22. The van der Waals surface area contributed by atoms with Gasteiger partial charge in [0, 0.05) is 5.88 Å². The Labute approximate surface area is 113 Å². The van der Waals surface area contributed by atoms with E-state index in [1.807, 2.05) is 12.1 Å². The number of carbonyl (C=O) groups excluding carboxylic acids is 1. The van der Waals surface area contributed by atoms with Crippen molar-refractivity contribution < 1.29 is 9.53 Å². The van der Waals surface area contributed by atoms with Gasteiger partial charge in [-0.2, -0.15) is 10.5 Å². The van der Waals surface area contributed by atoms with Gasteiger partial charge in [-0.3, -0.25) is 4.79 Å². The maximum absolute atomic E-state index is 11.7. The number of alkyl halides is 1. The van der Waals surface area contributed by atoms with Gasteiger partial charge in [-0.1, -0.05) is 0 Å². The van der Waals surface area contributed by atoms with Gasteiger partial charge in [-0.05, 0) is 40.0 Å². The minimum atomic E-state index is -1.30. The van der Waals surface area contributed by atoms with E-state index in [2.05, 4.69) is 0 Å². The van der Waals surface area contributed by atoms with Crippen molar-refractivity contribution in [3.8, 4) is 12.1 Å². The molecule has 0 heterocycles. The third-order valence-electron chi connectivity index (χ3n) is 2.28. The maximum Gasteiger partial charge on any atom is 0.309 e. The van der Waals surface area contributed by atoms with E-state index in [0.29, 0.717) is 18.7 Å². The third-order valence-corrected chi connectivity index (χ3v) is 2.55. The van der Waals surface area contributed by atoms with Crippen LogP contribution < -0.4 is 0 Å². The summed E-state index contributed by atoms with van der Waals surface area (Å²) < 4.78 is 5.14. The lowest BCUT2D eigenvalue weighted by molar-refractivity contribution is -0.156. The minimum Gasteiger partial charge on any atom is -0.460 e. The molecule has 0 amide bonds. The Hall–Kier alpha value is -1.26. The molecule has 18 heavy (non-hydrogen) atoms. The molecular formula is C13H19ClN2O2. The third kappa shape index (κ3) is 6.47. The first-order valence-corrected chi connectivity index (χ1v) is 6.42. The fourth-order valence-electron chi connectivity index (χ4n) is 1.45. The van der Waals surface area contributed by atoms with E-state index in [-0.39, 0.29) is 6.42 Å². The number of carbonyl (C=O) groups is 1. The molecule has 0 spiro atoms. The average molecular weight is 271 g/mol. The maximum atomic E-state index is 11.7. The monoisotopic (exact) mass is 270 g/mol. The van der Waals surface area contributed by atoms with Crippen molar-refractivity contribution in [3.63, 3.8) is 0 Å². The first kappa shape index (κ1) is 16.7. The summed E-state index contributed by atoms with van der Waals surface area (Å²) in [6.45, 7) is 5.25. The molecule has 0 fully saturated rings. The molecule has 0 aliphatic carbocycles. The Morgan fingerprint density at radius 3 is 2.17 bits per heavy atom. The highest BCUT2D eigenvalue weighted by Gasteiger charge is 2.34. The van der Waals surface area contributed by atoms with Crippen LogP contribution in [0.15, 0.2) is 0 Å². The van der Waals surface area contributed by atoms with Crippen LogP contribution in [0.3, 0.4) is 0 Å². The molecule has 100 valence electrons. The topological polar surface area (TPSA) is 73.9 Å². The van der Waals surface area contributed by atoms with Crippen LogP contribution in [-0.4, -0.2) is 17.5 Å². The van der Waals surface area contributed by atoms with Gasteiger partial charge in [-0.15, -0.1) is 11.6 Å². The second-order valence-corrected chi connectivity index (χ2v) is 5.59. The number of nitriles is 2. The molecule has 0 rings (SSSR count). The lowest BCUT2D eigenvalue weighted by Crippen LogP contribution is -2.29. The zero-order valence-corrected chi connectivity index (χ0v) is 11.9. The molecule has 0 aliphatic rings. The Kier molecular flexibility index (Phi) is 6.73. The zero-order chi connectivity index (χ0) is 14.2. The van der Waals surface area contributed by atoms with Gasteiger partial charge < -0.3 is 4.74 Å². The standard InChI is InChI=1S/C13H19ClN2O2/c1-12(2,3)18-11(17)8-13(9-15,10-16)6-4-5-7-14/h4-8H2,1-3H3. The van der Waals surface area contributed by atoms with Crippen LogP contribution >= 0.6 is 11.6 Å². The number of unbranched alkanes of at least 4 members (excludes halogenated alkanes) is 1. The Balaban J connectivity index is 4.58. The number of hydrogen-bond donors (Lipinski definition) is 0. The van der Waals surface area contributed by atoms with Gasteiger partial charge in [0.05, 0.1) is 18.6 Å². The number of nitrogens with zero attached hydrogens (tertiary/aromatic N) is 2. The predicted octanol–water partition coefficient (Wildman–Crippen LogP) is 3.16. The van der Waals surface area contributed by atoms with Crippen molar-refractivity contribution in [1.29, 1.82) is 10.5 Å². The number of rotatable bonds is 6. The van der Waals surface area contributed by atoms with Crippen LogP contribution in [-0.2, 0) is 9.53 Å². The van der Waals surface area contributed by atoms with E-state index in [1.54, 1.807) is 20.8 Å². The molecule has 5 heteroatoms. The van der Waals surface area contributed by atoms with Crippen LogP contribution in [0.25, 0.3) is 0 Å². The molecule has 0 aliphatic heterocycles. The van der Waals surface area contributed by atoms with Gasteiger partial charge in [0.15, 0.2) is 5.41 Å². The first-order chi connectivity index (χ1) is 8.28. The summed E-state index contributed by atoms with van der Waals surface area (Å²) in [5.74, 6) is -0.0317. The smallest absolute Gasteiger partial charge is 0.309 e. The quantitative estimate of drug-likeness (QED) is 0.422. The van der Waals surface area contributed by atoms with Gasteiger partial charge >= 0.3 is 5.97 Å². The lowest BCUT2D eigenvalue weighted by Gasteiger charge is -2.23. The van der Waals surface area contributed by atoms with Crippen LogP contribution in [0.5, 0.6) is 0 Å². The number of halogens is 1. The van der Waals surface area contributed by atoms with Gasteiger partial charge in [0.1, 0.15) is 5.60 Å². The summed E-state index contributed by atoms with van der Waals surface area (Å²) in [5, 5.41) is 18.2. The minimum absolute atomic E-state index is 0.195. The number of hydrogen-bond acceptors (Lipinski definition) is 4. The molecule has 0 aromatic heterocycles. The largest absolute Gasteiger partial charge is 0.460 e.